The zero-order valence-corrected chi connectivity index (χ0v) is 13.0. The molecule has 0 amide bonds. The van der Waals surface area contributed by atoms with Gasteiger partial charge in [-0.3, -0.25) is 9.59 Å². The highest BCUT2D eigenvalue weighted by Gasteiger charge is 2.14. The number of carbonyl (C=O) groups is 1. The molecule has 5 nitrogen and oxygen atoms in total. The topological polar surface area (TPSA) is 57.5 Å². The lowest BCUT2D eigenvalue weighted by molar-refractivity contribution is 0.112. The number of methoxy groups -OCH3 is 2. The first-order valence-electron chi connectivity index (χ1n) is 7.07. The third-order valence-corrected chi connectivity index (χ3v) is 3.46. The molecule has 1 heterocycles. The normalized spacial score (nSPS) is 10.3. The van der Waals surface area contributed by atoms with Crippen LogP contribution in [0.2, 0.25) is 0 Å². The summed E-state index contributed by atoms with van der Waals surface area (Å²) >= 11 is 0. The summed E-state index contributed by atoms with van der Waals surface area (Å²) < 4.78 is 12.2. The number of rotatable bonds is 6. The SMILES string of the molecule is CCCn1c(-c2ccc(OC)cc2OC)ccc(C=O)c1=O. The van der Waals surface area contributed by atoms with Crippen LogP contribution in [0.4, 0.5) is 0 Å². The lowest BCUT2D eigenvalue weighted by atomic mass is 10.1. The average molecular weight is 301 g/mol. The molecule has 0 radical (unpaired) electrons. The minimum Gasteiger partial charge on any atom is -0.497 e. The average Bonchev–Trinajstić information content (AvgIpc) is 2.56. The number of aromatic nitrogens is 1. The largest absolute Gasteiger partial charge is 0.497 e. The molecule has 2 aromatic rings. The molecule has 0 bridgehead atoms. The van der Waals surface area contributed by atoms with Crippen LogP contribution < -0.4 is 15.0 Å². The van der Waals surface area contributed by atoms with Gasteiger partial charge in [0.1, 0.15) is 11.5 Å². The summed E-state index contributed by atoms with van der Waals surface area (Å²) in [5.41, 5.74) is 1.38. The predicted octanol–water partition coefficient (Wildman–Crippen LogP) is 2.76. The Labute approximate surface area is 129 Å². The minimum absolute atomic E-state index is 0.157. The number of aldehydes is 1. The summed E-state index contributed by atoms with van der Waals surface area (Å²) in [6, 6.07) is 8.74. The fourth-order valence-corrected chi connectivity index (χ4v) is 2.38. The van der Waals surface area contributed by atoms with Crippen LogP contribution in [-0.2, 0) is 6.54 Å². The summed E-state index contributed by atoms with van der Waals surface area (Å²) in [6.07, 6.45) is 1.37. The number of ether oxygens (including phenoxy) is 2. The van der Waals surface area contributed by atoms with Gasteiger partial charge in [-0.05, 0) is 30.7 Å². The van der Waals surface area contributed by atoms with Crippen molar-refractivity contribution in [1.82, 2.24) is 4.57 Å². The molecule has 0 spiro atoms. The van der Waals surface area contributed by atoms with Gasteiger partial charge in [0.15, 0.2) is 6.29 Å². The van der Waals surface area contributed by atoms with Crippen LogP contribution in [0.5, 0.6) is 11.5 Å². The Balaban J connectivity index is 2.69. The second kappa shape index (κ2) is 6.93. The van der Waals surface area contributed by atoms with Crippen molar-refractivity contribution in [3.8, 4) is 22.8 Å². The van der Waals surface area contributed by atoms with Gasteiger partial charge in [-0.2, -0.15) is 0 Å². The lowest BCUT2D eigenvalue weighted by Crippen LogP contribution is -2.24. The van der Waals surface area contributed by atoms with E-state index in [1.54, 1.807) is 37.0 Å². The van der Waals surface area contributed by atoms with Gasteiger partial charge in [0.05, 0.1) is 25.5 Å². The number of pyridine rings is 1. The number of hydrogen-bond acceptors (Lipinski definition) is 4. The van der Waals surface area contributed by atoms with E-state index in [-0.39, 0.29) is 11.1 Å². The number of hydrogen-bond donors (Lipinski definition) is 0. The molecule has 0 atom stereocenters. The molecule has 2 rings (SSSR count). The monoisotopic (exact) mass is 301 g/mol. The van der Waals surface area contributed by atoms with Crippen LogP contribution in [0, 0.1) is 0 Å². The molecule has 0 aliphatic rings. The Morgan fingerprint density at radius 1 is 1.14 bits per heavy atom. The Morgan fingerprint density at radius 3 is 2.50 bits per heavy atom. The summed E-state index contributed by atoms with van der Waals surface area (Å²) in [4.78, 5) is 23.4. The minimum atomic E-state index is -0.285. The van der Waals surface area contributed by atoms with E-state index in [1.807, 2.05) is 19.1 Å². The highest BCUT2D eigenvalue weighted by molar-refractivity contribution is 5.76. The van der Waals surface area contributed by atoms with Gasteiger partial charge in [0.2, 0.25) is 0 Å². The first-order chi connectivity index (χ1) is 10.7. The van der Waals surface area contributed by atoms with Gasteiger partial charge < -0.3 is 14.0 Å². The van der Waals surface area contributed by atoms with E-state index in [4.69, 9.17) is 9.47 Å². The van der Waals surface area contributed by atoms with Crippen molar-refractivity contribution in [2.24, 2.45) is 0 Å². The molecule has 0 unspecified atom stereocenters. The summed E-state index contributed by atoms with van der Waals surface area (Å²) in [6.45, 7) is 2.51. The van der Waals surface area contributed by atoms with Crippen molar-refractivity contribution < 1.29 is 14.3 Å². The van der Waals surface area contributed by atoms with E-state index in [1.165, 1.54) is 0 Å². The van der Waals surface area contributed by atoms with Crippen LogP contribution in [0.3, 0.4) is 0 Å². The van der Waals surface area contributed by atoms with Crippen LogP contribution in [-0.4, -0.2) is 25.1 Å². The zero-order valence-electron chi connectivity index (χ0n) is 13.0. The van der Waals surface area contributed by atoms with Crippen LogP contribution in [0.25, 0.3) is 11.3 Å². The molecular weight excluding hydrogens is 282 g/mol. The third kappa shape index (κ3) is 2.88. The zero-order chi connectivity index (χ0) is 16.1. The summed E-state index contributed by atoms with van der Waals surface area (Å²) in [5.74, 6) is 1.29. The quantitative estimate of drug-likeness (QED) is 0.770. The lowest BCUT2D eigenvalue weighted by Gasteiger charge is -2.16. The molecule has 1 aromatic carbocycles. The van der Waals surface area contributed by atoms with Gasteiger partial charge in [-0.15, -0.1) is 0 Å². The highest BCUT2D eigenvalue weighted by atomic mass is 16.5. The van der Waals surface area contributed by atoms with E-state index >= 15 is 0 Å². The van der Waals surface area contributed by atoms with E-state index in [2.05, 4.69) is 0 Å². The maximum atomic E-state index is 12.4. The van der Waals surface area contributed by atoms with Crippen molar-refractivity contribution >= 4 is 6.29 Å². The van der Waals surface area contributed by atoms with E-state index < -0.39 is 0 Å². The number of nitrogens with zero attached hydrogens (tertiary/aromatic N) is 1. The van der Waals surface area contributed by atoms with Gasteiger partial charge in [0.25, 0.3) is 5.56 Å². The number of benzene rings is 1. The Bertz CT molecular complexity index is 734. The van der Waals surface area contributed by atoms with Crippen molar-refractivity contribution in [3.05, 3.63) is 46.2 Å². The molecule has 0 aliphatic carbocycles. The van der Waals surface area contributed by atoms with Crippen molar-refractivity contribution in [1.29, 1.82) is 0 Å². The smallest absolute Gasteiger partial charge is 0.261 e. The first kappa shape index (κ1) is 15.8. The molecule has 0 aliphatic heterocycles. The Kier molecular flexibility index (Phi) is 4.99. The maximum Gasteiger partial charge on any atom is 0.261 e. The van der Waals surface area contributed by atoms with Crippen LogP contribution in [0.1, 0.15) is 23.7 Å². The maximum absolute atomic E-state index is 12.4. The molecule has 0 fully saturated rings. The van der Waals surface area contributed by atoms with Gasteiger partial charge in [0, 0.05) is 18.2 Å². The first-order valence-corrected chi connectivity index (χ1v) is 7.07. The molecular formula is C17H19NO4. The highest BCUT2D eigenvalue weighted by Crippen LogP contribution is 2.32. The van der Waals surface area contributed by atoms with E-state index in [0.717, 1.165) is 17.7 Å². The molecule has 0 saturated carbocycles. The van der Waals surface area contributed by atoms with E-state index in [9.17, 15) is 9.59 Å². The summed E-state index contributed by atoms with van der Waals surface area (Å²) in [5, 5.41) is 0. The second-order valence-corrected chi connectivity index (χ2v) is 4.81. The van der Waals surface area contributed by atoms with Crippen molar-refractivity contribution in [3.63, 3.8) is 0 Å². The summed E-state index contributed by atoms with van der Waals surface area (Å²) in [7, 11) is 3.15. The molecule has 0 saturated heterocycles. The Morgan fingerprint density at radius 2 is 1.91 bits per heavy atom. The number of carbonyl (C=O) groups excluding carboxylic acids is 1. The Hall–Kier alpha value is -2.56. The third-order valence-electron chi connectivity index (χ3n) is 3.46. The van der Waals surface area contributed by atoms with Gasteiger partial charge in [-0.25, -0.2) is 0 Å². The van der Waals surface area contributed by atoms with Crippen molar-refractivity contribution in [2.45, 2.75) is 19.9 Å². The fraction of sp³-hybridized carbons (Fsp3) is 0.294. The second-order valence-electron chi connectivity index (χ2n) is 4.81. The van der Waals surface area contributed by atoms with E-state index in [0.29, 0.717) is 24.3 Å². The van der Waals surface area contributed by atoms with Gasteiger partial charge >= 0.3 is 0 Å². The van der Waals surface area contributed by atoms with Crippen LogP contribution in [0.15, 0.2) is 35.1 Å². The van der Waals surface area contributed by atoms with Gasteiger partial charge in [-0.1, -0.05) is 6.92 Å². The molecule has 0 N–H and O–H groups in total. The standard InChI is InChI=1S/C17H19NO4/c1-4-9-18-15(8-5-12(11-19)17(18)20)14-7-6-13(21-2)10-16(14)22-3/h5-8,10-11H,4,9H2,1-3H3. The fourth-order valence-electron chi connectivity index (χ4n) is 2.38. The predicted molar refractivity (Wildman–Crippen MR) is 84.9 cm³/mol. The molecule has 116 valence electrons. The molecule has 5 heteroatoms. The van der Waals surface area contributed by atoms with Crippen LogP contribution >= 0.6 is 0 Å². The molecule has 1 aromatic heterocycles. The van der Waals surface area contributed by atoms with Crippen molar-refractivity contribution in [2.75, 3.05) is 14.2 Å². The molecule has 22 heavy (non-hydrogen) atoms.